The van der Waals surface area contributed by atoms with Crippen LogP contribution in [0.3, 0.4) is 0 Å². The number of benzene rings is 4. The van der Waals surface area contributed by atoms with E-state index in [1.54, 1.807) is 11.0 Å². The van der Waals surface area contributed by atoms with E-state index in [9.17, 15) is 9.59 Å². The molecule has 6 nitrogen and oxygen atoms in total. The number of rotatable bonds is 7. The molecule has 1 unspecified atom stereocenters. The van der Waals surface area contributed by atoms with E-state index in [-0.39, 0.29) is 17.1 Å². The van der Waals surface area contributed by atoms with Crippen molar-refractivity contribution in [3.63, 3.8) is 0 Å². The van der Waals surface area contributed by atoms with E-state index in [0.29, 0.717) is 47.0 Å². The van der Waals surface area contributed by atoms with Crippen LogP contribution in [0.4, 0.5) is 0 Å². The first-order chi connectivity index (χ1) is 18.9. The number of nitrogens with zero attached hydrogens (tertiary/aromatic N) is 2. The molecule has 0 saturated carbocycles. The Bertz CT molecular complexity index is 1760. The van der Waals surface area contributed by atoms with Gasteiger partial charge in [0.2, 0.25) is 5.76 Å². The topological polar surface area (TPSA) is 63.0 Å². The Morgan fingerprint density at radius 1 is 0.897 bits per heavy atom. The van der Waals surface area contributed by atoms with Gasteiger partial charge >= 0.3 is 0 Å². The summed E-state index contributed by atoms with van der Waals surface area (Å²) in [5.41, 5.74) is 2.36. The van der Waals surface area contributed by atoms with E-state index in [2.05, 4.69) is 0 Å². The lowest BCUT2D eigenvalue weighted by Gasteiger charge is -2.26. The molecule has 0 fully saturated rings. The Morgan fingerprint density at radius 2 is 1.64 bits per heavy atom. The second-order valence-electron chi connectivity index (χ2n) is 9.99. The van der Waals surface area contributed by atoms with Gasteiger partial charge < -0.3 is 19.0 Å². The maximum absolute atomic E-state index is 13.9. The summed E-state index contributed by atoms with van der Waals surface area (Å²) < 4.78 is 12.2. The van der Waals surface area contributed by atoms with Crippen molar-refractivity contribution in [1.82, 2.24) is 9.80 Å². The molecular formula is C32H27ClN2O4. The highest BCUT2D eigenvalue weighted by molar-refractivity contribution is 6.31. The molecule has 6 rings (SSSR count). The molecule has 0 saturated heterocycles. The molecule has 0 bridgehead atoms. The Hall–Kier alpha value is -4.13. The minimum absolute atomic E-state index is 0.117. The van der Waals surface area contributed by atoms with Crippen molar-refractivity contribution in [3.8, 4) is 5.75 Å². The van der Waals surface area contributed by atoms with E-state index in [1.807, 2.05) is 97.9 Å². The third kappa shape index (κ3) is 4.56. The van der Waals surface area contributed by atoms with Crippen LogP contribution in [-0.2, 0) is 6.61 Å². The molecule has 5 aromatic rings. The predicted octanol–water partition coefficient (Wildman–Crippen LogP) is 6.29. The standard InChI is InChI=1S/C32H27ClN2O4/c1-34(2)17-18-35-28(21-11-14-23(15-12-21)38-19-22-8-4-6-10-26(22)33)27-29(36)25-16-13-20-7-3-5-9-24(20)30(25)39-31(27)32(35)37/h3-16,28H,17-19H2,1-2H3. The predicted molar refractivity (Wildman–Crippen MR) is 154 cm³/mol. The van der Waals surface area contributed by atoms with Crippen LogP contribution >= 0.6 is 11.6 Å². The van der Waals surface area contributed by atoms with Gasteiger partial charge in [-0.2, -0.15) is 0 Å². The zero-order valence-corrected chi connectivity index (χ0v) is 22.4. The number of likely N-dealkylation sites (N-methyl/N-ethyl adjacent to an activating group) is 1. The summed E-state index contributed by atoms with van der Waals surface area (Å²) in [4.78, 5) is 31.4. The van der Waals surface area contributed by atoms with Crippen LogP contribution < -0.4 is 10.2 Å². The van der Waals surface area contributed by atoms with Gasteiger partial charge in [-0.25, -0.2) is 0 Å². The molecule has 1 atom stereocenters. The molecule has 7 heteroatoms. The molecule has 4 aromatic carbocycles. The quantitative estimate of drug-likeness (QED) is 0.228. The number of carbonyl (C=O) groups excluding carboxylic acids is 1. The Morgan fingerprint density at radius 3 is 2.41 bits per heavy atom. The van der Waals surface area contributed by atoms with Crippen molar-refractivity contribution in [2.75, 3.05) is 27.2 Å². The van der Waals surface area contributed by atoms with Crippen molar-refractivity contribution < 1.29 is 13.9 Å². The summed E-state index contributed by atoms with van der Waals surface area (Å²) >= 11 is 6.26. The Labute approximate surface area is 231 Å². The first-order valence-electron chi connectivity index (χ1n) is 12.8. The van der Waals surface area contributed by atoms with Crippen LogP contribution in [0, 0.1) is 0 Å². The molecule has 2 heterocycles. The van der Waals surface area contributed by atoms with Gasteiger partial charge in [-0.05, 0) is 49.3 Å². The molecule has 0 spiro atoms. The van der Waals surface area contributed by atoms with Crippen molar-refractivity contribution in [3.05, 3.63) is 123 Å². The van der Waals surface area contributed by atoms with Gasteiger partial charge in [0.1, 0.15) is 17.9 Å². The van der Waals surface area contributed by atoms with Gasteiger partial charge in [-0.1, -0.05) is 72.3 Å². The number of ether oxygens (including phenoxy) is 1. The van der Waals surface area contributed by atoms with E-state index >= 15 is 0 Å². The molecule has 0 aliphatic carbocycles. The fraction of sp³-hybridized carbons (Fsp3) is 0.188. The molecule has 1 amide bonds. The van der Waals surface area contributed by atoms with E-state index in [1.165, 1.54) is 0 Å². The smallest absolute Gasteiger partial charge is 0.290 e. The Balaban J connectivity index is 1.41. The monoisotopic (exact) mass is 538 g/mol. The van der Waals surface area contributed by atoms with Crippen LogP contribution in [0.1, 0.15) is 33.3 Å². The number of halogens is 1. The van der Waals surface area contributed by atoms with E-state index in [4.69, 9.17) is 20.8 Å². The van der Waals surface area contributed by atoms with Crippen LogP contribution in [0.15, 0.2) is 94.1 Å². The first-order valence-corrected chi connectivity index (χ1v) is 13.2. The Kier molecular flexibility index (Phi) is 6.59. The molecule has 0 N–H and O–H groups in total. The molecular weight excluding hydrogens is 512 g/mol. The van der Waals surface area contributed by atoms with Crippen molar-refractivity contribution in [2.24, 2.45) is 0 Å². The summed E-state index contributed by atoms with van der Waals surface area (Å²) in [6, 6.07) is 25.9. The van der Waals surface area contributed by atoms with Gasteiger partial charge in [0.05, 0.1) is 17.0 Å². The number of carbonyl (C=O) groups is 1. The highest BCUT2D eigenvalue weighted by atomic mass is 35.5. The zero-order chi connectivity index (χ0) is 27.1. The fourth-order valence-corrected chi connectivity index (χ4v) is 5.35. The molecule has 39 heavy (non-hydrogen) atoms. The summed E-state index contributed by atoms with van der Waals surface area (Å²) in [5.74, 6) is 0.509. The second-order valence-corrected chi connectivity index (χ2v) is 10.4. The minimum Gasteiger partial charge on any atom is -0.489 e. The molecule has 196 valence electrons. The third-order valence-corrected chi connectivity index (χ3v) is 7.56. The number of hydrogen-bond acceptors (Lipinski definition) is 5. The lowest BCUT2D eigenvalue weighted by Crippen LogP contribution is -2.35. The summed E-state index contributed by atoms with van der Waals surface area (Å²) in [6.07, 6.45) is 0. The zero-order valence-electron chi connectivity index (χ0n) is 21.7. The molecule has 1 aromatic heterocycles. The number of hydrogen-bond donors (Lipinski definition) is 0. The maximum atomic E-state index is 13.9. The SMILES string of the molecule is CN(C)CCN1C(=O)c2oc3c(ccc4ccccc43)c(=O)c2C1c1ccc(OCc2ccccc2Cl)cc1. The van der Waals surface area contributed by atoms with Crippen molar-refractivity contribution in [1.29, 1.82) is 0 Å². The average Bonchev–Trinajstić information content (AvgIpc) is 3.23. The van der Waals surface area contributed by atoms with E-state index < -0.39 is 6.04 Å². The number of fused-ring (bicyclic) bond motifs is 4. The van der Waals surface area contributed by atoms with Gasteiger partial charge in [-0.15, -0.1) is 0 Å². The first kappa shape index (κ1) is 25.2. The van der Waals surface area contributed by atoms with E-state index in [0.717, 1.165) is 21.9 Å². The average molecular weight is 539 g/mol. The van der Waals surface area contributed by atoms with Gasteiger partial charge in [0, 0.05) is 29.1 Å². The fourth-order valence-electron chi connectivity index (χ4n) is 5.16. The van der Waals surface area contributed by atoms with Crippen LogP contribution in [-0.4, -0.2) is 42.9 Å². The highest BCUT2D eigenvalue weighted by Gasteiger charge is 2.42. The van der Waals surface area contributed by atoms with Crippen LogP contribution in [0.2, 0.25) is 5.02 Å². The van der Waals surface area contributed by atoms with Gasteiger partial charge in [0.15, 0.2) is 5.43 Å². The highest BCUT2D eigenvalue weighted by Crippen LogP contribution is 2.39. The van der Waals surface area contributed by atoms with Gasteiger partial charge in [0.25, 0.3) is 5.91 Å². The largest absolute Gasteiger partial charge is 0.489 e. The lowest BCUT2D eigenvalue weighted by molar-refractivity contribution is 0.0716. The normalized spacial score (nSPS) is 14.9. The lowest BCUT2D eigenvalue weighted by atomic mass is 9.97. The minimum atomic E-state index is -0.558. The molecule has 1 aliphatic heterocycles. The number of amides is 1. The maximum Gasteiger partial charge on any atom is 0.290 e. The summed E-state index contributed by atoms with van der Waals surface area (Å²) in [6.45, 7) is 1.43. The third-order valence-electron chi connectivity index (χ3n) is 7.19. The molecule has 0 radical (unpaired) electrons. The van der Waals surface area contributed by atoms with Gasteiger partial charge in [-0.3, -0.25) is 9.59 Å². The van der Waals surface area contributed by atoms with Crippen molar-refractivity contribution >= 4 is 39.2 Å². The van der Waals surface area contributed by atoms with Crippen molar-refractivity contribution in [2.45, 2.75) is 12.6 Å². The molecule has 1 aliphatic rings. The summed E-state index contributed by atoms with van der Waals surface area (Å²) in [5, 5.41) is 2.89. The second kappa shape index (κ2) is 10.2. The van der Waals surface area contributed by atoms with Crippen LogP contribution in [0.5, 0.6) is 5.75 Å². The summed E-state index contributed by atoms with van der Waals surface area (Å²) in [7, 11) is 3.91. The van der Waals surface area contributed by atoms with Crippen LogP contribution in [0.25, 0.3) is 21.7 Å².